The van der Waals surface area contributed by atoms with Gasteiger partial charge in [0.25, 0.3) is 5.91 Å². The van der Waals surface area contributed by atoms with Crippen LogP contribution in [0.25, 0.3) is 5.69 Å². The monoisotopic (exact) mass is 328 g/mol. The molecule has 2 heterocycles. The summed E-state index contributed by atoms with van der Waals surface area (Å²) in [6, 6.07) is 6.39. The second-order valence-corrected chi connectivity index (χ2v) is 5.89. The quantitative estimate of drug-likeness (QED) is 0.896. The van der Waals surface area contributed by atoms with Crippen molar-refractivity contribution >= 4 is 11.8 Å². The van der Waals surface area contributed by atoms with Crippen LogP contribution in [0.2, 0.25) is 0 Å². The summed E-state index contributed by atoms with van der Waals surface area (Å²) < 4.78 is 1.47. The third-order valence-corrected chi connectivity index (χ3v) is 4.11. The zero-order chi connectivity index (χ0) is 16.9. The van der Waals surface area contributed by atoms with E-state index < -0.39 is 6.04 Å². The zero-order valence-electron chi connectivity index (χ0n) is 13.6. The van der Waals surface area contributed by atoms with Crippen LogP contribution in [0.15, 0.2) is 30.6 Å². The number of aromatic nitrogens is 4. The Kier molecular flexibility index (Phi) is 4.83. The smallest absolute Gasteiger partial charge is 0.251 e. The third-order valence-electron chi connectivity index (χ3n) is 4.11. The van der Waals surface area contributed by atoms with Gasteiger partial charge in [-0.1, -0.05) is 6.07 Å². The molecule has 0 saturated carbocycles. The maximum absolute atomic E-state index is 12.4. The Bertz CT molecular complexity index is 709. The SMILES string of the molecule is CC(NC(=O)c1cccc(-n2cnnn2)c1)C(=O)N1CCCCC1. The number of hydrogen-bond acceptors (Lipinski definition) is 5. The molecular weight excluding hydrogens is 308 g/mol. The van der Waals surface area contributed by atoms with Crippen molar-refractivity contribution in [3.05, 3.63) is 36.2 Å². The maximum Gasteiger partial charge on any atom is 0.251 e. The molecule has 1 aliphatic rings. The molecule has 1 N–H and O–H groups in total. The van der Waals surface area contributed by atoms with E-state index >= 15 is 0 Å². The number of piperidine rings is 1. The van der Waals surface area contributed by atoms with Gasteiger partial charge >= 0.3 is 0 Å². The van der Waals surface area contributed by atoms with Gasteiger partial charge in [0.15, 0.2) is 0 Å². The van der Waals surface area contributed by atoms with Crippen LogP contribution >= 0.6 is 0 Å². The van der Waals surface area contributed by atoms with Gasteiger partial charge < -0.3 is 10.2 Å². The van der Waals surface area contributed by atoms with Crippen molar-refractivity contribution in [2.75, 3.05) is 13.1 Å². The topological polar surface area (TPSA) is 93.0 Å². The fourth-order valence-corrected chi connectivity index (χ4v) is 2.80. The van der Waals surface area contributed by atoms with Gasteiger partial charge in [-0.3, -0.25) is 9.59 Å². The van der Waals surface area contributed by atoms with Crippen LogP contribution in [0, 0.1) is 0 Å². The molecule has 0 radical (unpaired) electrons. The molecule has 2 aromatic rings. The molecule has 0 spiro atoms. The molecule has 1 aromatic heterocycles. The highest BCUT2D eigenvalue weighted by molar-refractivity contribution is 5.97. The highest BCUT2D eigenvalue weighted by Crippen LogP contribution is 2.11. The van der Waals surface area contributed by atoms with Crippen LogP contribution < -0.4 is 5.32 Å². The second-order valence-electron chi connectivity index (χ2n) is 5.89. The van der Waals surface area contributed by atoms with Gasteiger partial charge in [0.05, 0.1) is 5.69 Å². The van der Waals surface area contributed by atoms with Crippen molar-refractivity contribution in [2.45, 2.75) is 32.2 Å². The first-order valence-electron chi connectivity index (χ1n) is 8.08. The number of tetrazole rings is 1. The molecule has 126 valence electrons. The van der Waals surface area contributed by atoms with Crippen molar-refractivity contribution in [2.24, 2.45) is 0 Å². The van der Waals surface area contributed by atoms with E-state index in [0.717, 1.165) is 32.4 Å². The molecular formula is C16H20N6O2. The van der Waals surface area contributed by atoms with Crippen LogP contribution in [0.5, 0.6) is 0 Å². The highest BCUT2D eigenvalue weighted by atomic mass is 16.2. The van der Waals surface area contributed by atoms with Crippen LogP contribution in [-0.2, 0) is 4.79 Å². The summed E-state index contributed by atoms with van der Waals surface area (Å²) in [6.45, 7) is 3.27. The largest absolute Gasteiger partial charge is 0.341 e. The number of rotatable bonds is 4. The van der Waals surface area contributed by atoms with E-state index in [9.17, 15) is 9.59 Å². The van der Waals surface area contributed by atoms with Crippen LogP contribution in [0.4, 0.5) is 0 Å². The van der Waals surface area contributed by atoms with Crippen molar-refractivity contribution in [3.8, 4) is 5.69 Å². The van der Waals surface area contributed by atoms with Gasteiger partial charge in [0.1, 0.15) is 12.4 Å². The fourth-order valence-electron chi connectivity index (χ4n) is 2.80. The molecule has 1 saturated heterocycles. The van der Waals surface area contributed by atoms with Crippen molar-refractivity contribution < 1.29 is 9.59 Å². The molecule has 8 heteroatoms. The van der Waals surface area contributed by atoms with E-state index in [0.29, 0.717) is 11.3 Å². The molecule has 1 aromatic carbocycles. The number of likely N-dealkylation sites (tertiary alicyclic amines) is 1. The summed E-state index contributed by atoms with van der Waals surface area (Å²) in [7, 11) is 0. The molecule has 24 heavy (non-hydrogen) atoms. The third kappa shape index (κ3) is 3.58. The fraction of sp³-hybridized carbons (Fsp3) is 0.438. The van der Waals surface area contributed by atoms with Gasteiger partial charge in [-0.25, -0.2) is 4.68 Å². The molecule has 3 rings (SSSR count). The number of hydrogen-bond donors (Lipinski definition) is 1. The Morgan fingerprint density at radius 3 is 2.71 bits per heavy atom. The molecule has 1 fully saturated rings. The lowest BCUT2D eigenvalue weighted by atomic mass is 10.1. The number of carbonyl (C=O) groups excluding carboxylic acids is 2. The van der Waals surface area contributed by atoms with Crippen molar-refractivity contribution in [1.29, 1.82) is 0 Å². The van der Waals surface area contributed by atoms with E-state index in [1.165, 1.54) is 11.0 Å². The van der Waals surface area contributed by atoms with Gasteiger partial charge in [-0.05, 0) is 54.8 Å². The number of nitrogens with zero attached hydrogens (tertiary/aromatic N) is 5. The second kappa shape index (κ2) is 7.20. The van der Waals surface area contributed by atoms with E-state index in [-0.39, 0.29) is 11.8 Å². The first-order chi connectivity index (χ1) is 11.6. The lowest BCUT2D eigenvalue weighted by Crippen LogP contribution is -2.48. The minimum Gasteiger partial charge on any atom is -0.341 e. The van der Waals surface area contributed by atoms with E-state index in [4.69, 9.17) is 0 Å². The summed E-state index contributed by atoms with van der Waals surface area (Å²) in [5, 5.41) is 13.7. The normalized spacial score (nSPS) is 15.8. The van der Waals surface area contributed by atoms with Crippen LogP contribution in [0.3, 0.4) is 0 Å². The van der Waals surface area contributed by atoms with Gasteiger partial charge in [0.2, 0.25) is 5.91 Å². The molecule has 1 aliphatic heterocycles. The average molecular weight is 328 g/mol. The number of benzene rings is 1. The van der Waals surface area contributed by atoms with Gasteiger partial charge in [-0.15, -0.1) is 5.10 Å². The average Bonchev–Trinajstić information content (AvgIpc) is 3.16. The summed E-state index contributed by atoms with van der Waals surface area (Å²) in [6.07, 6.45) is 4.68. The Morgan fingerprint density at radius 2 is 2.00 bits per heavy atom. The Labute approximate surface area is 139 Å². The van der Waals surface area contributed by atoms with Gasteiger partial charge in [0, 0.05) is 18.7 Å². The van der Waals surface area contributed by atoms with Crippen molar-refractivity contribution in [3.63, 3.8) is 0 Å². The number of nitrogens with one attached hydrogen (secondary N) is 1. The predicted octanol–water partition coefficient (Wildman–Crippen LogP) is 0.793. The minimum atomic E-state index is -0.549. The van der Waals surface area contributed by atoms with E-state index in [1.54, 1.807) is 31.2 Å². The summed E-state index contributed by atoms with van der Waals surface area (Å²) in [5.41, 5.74) is 1.14. The molecule has 8 nitrogen and oxygen atoms in total. The molecule has 0 bridgehead atoms. The van der Waals surface area contributed by atoms with E-state index in [1.807, 2.05) is 4.90 Å². The molecule has 1 atom stereocenters. The first-order valence-corrected chi connectivity index (χ1v) is 8.08. The maximum atomic E-state index is 12.4. The highest BCUT2D eigenvalue weighted by Gasteiger charge is 2.23. The first kappa shape index (κ1) is 16.1. The summed E-state index contributed by atoms with van der Waals surface area (Å²) in [5.74, 6) is -0.317. The summed E-state index contributed by atoms with van der Waals surface area (Å²) in [4.78, 5) is 26.6. The lowest BCUT2D eigenvalue weighted by molar-refractivity contribution is -0.133. The number of amides is 2. The Morgan fingerprint density at radius 1 is 1.21 bits per heavy atom. The Hall–Kier alpha value is -2.77. The van der Waals surface area contributed by atoms with Crippen LogP contribution in [0.1, 0.15) is 36.5 Å². The van der Waals surface area contributed by atoms with Gasteiger partial charge in [-0.2, -0.15) is 0 Å². The summed E-state index contributed by atoms with van der Waals surface area (Å²) >= 11 is 0. The minimum absolute atomic E-state index is 0.0281. The standard InChI is InChI=1S/C16H20N6O2/c1-12(16(24)21-8-3-2-4-9-21)18-15(23)13-6-5-7-14(10-13)22-11-17-19-20-22/h5-7,10-12H,2-4,8-9H2,1H3,(H,18,23). The zero-order valence-corrected chi connectivity index (χ0v) is 13.6. The number of carbonyl (C=O) groups is 2. The Balaban J connectivity index is 1.66. The van der Waals surface area contributed by atoms with Crippen LogP contribution in [-0.4, -0.2) is 56.1 Å². The van der Waals surface area contributed by atoms with E-state index in [2.05, 4.69) is 20.8 Å². The predicted molar refractivity (Wildman–Crippen MR) is 86.5 cm³/mol. The van der Waals surface area contributed by atoms with Crippen molar-refractivity contribution in [1.82, 2.24) is 30.4 Å². The lowest BCUT2D eigenvalue weighted by Gasteiger charge is -2.29. The molecule has 0 aliphatic carbocycles. The molecule has 1 unspecified atom stereocenters. The molecule has 2 amide bonds.